The molecule has 1 aromatic carbocycles. The van der Waals surface area contributed by atoms with Gasteiger partial charge in [0.05, 0.1) is 11.5 Å². The summed E-state index contributed by atoms with van der Waals surface area (Å²) < 4.78 is 5.30. The second-order valence-electron chi connectivity index (χ2n) is 6.97. The molecule has 29 heavy (non-hydrogen) atoms. The molecule has 0 saturated carbocycles. The Morgan fingerprint density at radius 3 is 2.83 bits per heavy atom. The van der Waals surface area contributed by atoms with Crippen LogP contribution >= 0.6 is 11.3 Å². The lowest BCUT2D eigenvalue weighted by Gasteiger charge is -2.20. The number of hydrogen-bond donors (Lipinski definition) is 1. The zero-order valence-electron chi connectivity index (χ0n) is 16.4. The lowest BCUT2D eigenvalue weighted by molar-refractivity contribution is -0.157. The molecule has 7 nitrogen and oxygen atoms in total. The highest BCUT2D eigenvalue weighted by atomic mass is 32.1. The number of carbonyl (C=O) groups excluding carboxylic acids is 3. The number of esters is 1. The maximum atomic E-state index is 12.5. The third kappa shape index (κ3) is 4.30. The van der Waals surface area contributed by atoms with Crippen LogP contribution in [0.1, 0.15) is 30.0 Å². The van der Waals surface area contributed by atoms with E-state index in [0.717, 1.165) is 16.8 Å². The third-order valence-electron chi connectivity index (χ3n) is 5.01. The van der Waals surface area contributed by atoms with Crippen molar-refractivity contribution in [2.24, 2.45) is 5.92 Å². The van der Waals surface area contributed by atoms with E-state index in [1.54, 1.807) is 16.3 Å². The smallest absolute Gasteiger partial charge is 0.312 e. The van der Waals surface area contributed by atoms with Crippen molar-refractivity contribution in [3.8, 4) is 6.07 Å². The maximum Gasteiger partial charge on any atom is 0.312 e. The summed E-state index contributed by atoms with van der Waals surface area (Å²) in [6, 6.07) is 9.29. The van der Waals surface area contributed by atoms with Crippen LogP contribution in [0.25, 0.3) is 0 Å². The van der Waals surface area contributed by atoms with Crippen LogP contribution < -0.4 is 10.2 Å². The van der Waals surface area contributed by atoms with Gasteiger partial charge in [-0.15, -0.1) is 11.3 Å². The number of nitrogens with zero attached hydrogens (tertiary/aromatic N) is 2. The van der Waals surface area contributed by atoms with Gasteiger partial charge in [-0.1, -0.05) is 12.1 Å². The van der Waals surface area contributed by atoms with Gasteiger partial charge in [-0.2, -0.15) is 5.26 Å². The molecule has 1 fully saturated rings. The van der Waals surface area contributed by atoms with Crippen molar-refractivity contribution >= 4 is 39.8 Å². The summed E-state index contributed by atoms with van der Waals surface area (Å²) >= 11 is 1.22. The van der Waals surface area contributed by atoms with E-state index in [0.29, 0.717) is 10.6 Å². The number of carbonyl (C=O) groups is 3. The molecule has 0 unspecified atom stereocenters. The normalized spacial score (nSPS) is 17.0. The number of anilines is 2. The zero-order valence-corrected chi connectivity index (χ0v) is 17.2. The number of benzene rings is 1. The largest absolute Gasteiger partial charge is 0.452 e. The SMILES string of the molecule is Cc1cccc(N2C[C@H](C(=O)O[C@@H](C)C(=O)Nc3sccc3C#N)CC2=O)c1C. The first-order valence-electron chi connectivity index (χ1n) is 9.17. The van der Waals surface area contributed by atoms with Gasteiger partial charge in [0.2, 0.25) is 5.91 Å². The molecule has 2 heterocycles. The van der Waals surface area contributed by atoms with Crippen LogP contribution in [0.3, 0.4) is 0 Å². The summed E-state index contributed by atoms with van der Waals surface area (Å²) in [4.78, 5) is 38.9. The average molecular weight is 411 g/mol. The molecule has 3 rings (SSSR count). The molecule has 1 N–H and O–H groups in total. The Kier molecular flexibility index (Phi) is 5.99. The number of rotatable bonds is 5. The second kappa shape index (κ2) is 8.45. The summed E-state index contributed by atoms with van der Waals surface area (Å²) in [5, 5.41) is 13.7. The standard InChI is InChI=1S/C21H21N3O4S/c1-12-5-4-6-17(13(12)2)24-11-16(9-18(24)25)21(27)28-14(3)19(26)23-20-15(10-22)7-8-29-20/h4-8,14,16H,9,11H2,1-3H3,(H,23,26)/t14-,16+/m0/s1. The van der Waals surface area contributed by atoms with E-state index in [2.05, 4.69) is 5.32 Å². The Balaban J connectivity index is 1.62. The van der Waals surface area contributed by atoms with Crippen molar-refractivity contribution in [2.75, 3.05) is 16.8 Å². The fourth-order valence-corrected chi connectivity index (χ4v) is 3.90. The van der Waals surface area contributed by atoms with Crippen molar-refractivity contribution < 1.29 is 19.1 Å². The molecule has 1 aromatic heterocycles. The topological polar surface area (TPSA) is 99.5 Å². The van der Waals surface area contributed by atoms with Crippen LogP contribution in [-0.4, -0.2) is 30.4 Å². The Hall–Kier alpha value is -3.18. The average Bonchev–Trinajstić information content (AvgIpc) is 3.30. The number of aryl methyl sites for hydroxylation is 1. The van der Waals surface area contributed by atoms with Gasteiger partial charge < -0.3 is 15.0 Å². The van der Waals surface area contributed by atoms with Gasteiger partial charge in [-0.25, -0.2) is 0 Å². The molecule has 1 aliphatic heterocycles. The quantitative estimate of drug-likeness (QED) is 0.762. The fraction of sp³-hybridized carbons (Fsp3) is 0.333. The summed E-state index contributed by atoms with van der Waals surface area (Å²) in [5.41, 5.74) is 3.20. The van der Waals surface area contributed by atoms with E-state index in [1.165, 1.54) is 18.3 Å². The Labute approximate surface area is 172 Å². The predicted molar refractivity (Wildman–Crippen MR) is 110 cm³/mol. The van der Waals surface area contributed by atoms with Crippen LogP contribution in [0.4, 0.5) is 10.7 Å². The number of nitriles is 1. The summed E-state index contributed by atoms with van der Waals surface area (Å²) in [6.07, 6.45) is -0.995. The van der Waals surface area contributed by atoms with E-state index in [4.69, 9.17) is 10.00 Å². The number of ether oxygens (including phenoxy) is 1. The van der Waals surface area contributed by atoms with E-state index in [9.17, 15) is 14.4 Å². The highest BCUT2D eigenvalue weighted by molar-refractivity contribution is 7.14. The van der Waals surface area contributed by atoms with Crippen molar-refractivity contribution in [3.05, 3.63) is 46.3 Å². The molecule has 2 amide bonds. The number of hydrogen-bond acceptors (Lipinski definition) is 6. The van der Waals surface area contributed by atoms with Gasteiger partial charge in [-0.3, -0.25) is 14.4 Å². The first kappa shape index (κ1) is 20.6. The van der Waals surface area contributed by atoms with Gasteiger partial charge in [-0.05, 0) is 49.4 Å². The van der Waals surface area contributed by atoms with Crippen molar-refractivity contribution in [3.63, 3.8) is 0 Å². The van der Waals surface area contributed by atoms with Crippen LogP contribution in [0, 0.1) is 31.1 Å². The van der Waals surface area contributed by atoms with Crippen LogP contribution in [-0.2, 0) is 19.1 Å². The molecule has 0 spiro atoms. The van der Waals surface area contributed by atoms with Crippen LogP contribution in [0.2, 0.25) is 0 Å². The Morgan fingerprint density at radius 2 is 2.10 bits per heavy atom. The fourth-order valence-electron chi connectivity index (χ4n) is 3.16. The van der Waals surface area contributed by atoms with Crippen LogP contribution in [0.5, 0.6) is 0 Å². The first-order valence-corrected chi connectivity index (χ1v) is 10.0. The summed E-state index contributed by atoms with van der Waals surface area (Å²) in [7, 11) is 0. The molecule has 0 radical (unpaired) electrons. The van der Waals surface area contributed by atoms with Gasteiger partial charge in [0, 0.05) is 18.7 Å². The van der Waals surface area contributed by atoms with Gasteiger partial charge in [0.15, 0.2) is 6.10 Å². The molecule has 1 saturated heterocycles. The van der Waals surface area contributed by atoms with E-state index >= 15 is 0 Å². The molecular formula is C21H21N3O4S. The molecule has 2 atom stereocenters. The summed E-state index contributed by atoms with van der Waals surface area (Å²) in [5.74, 6) is -1.88. The monoisotopic (exact) mass is 411 g/mol. The van der Waals surface area contributed by atoms with Crippen molar-refractivity contribution in [1.82, 2.24) is 0 Å². The molecule has 1 aliphatic rings. The van der Waals surface area contributed by atoms with E-state index in [1.807, 2.05) is 38.1 Å². The predicted octanol–water partition coefficient (Wildman–Crippen LogP) is 3.16. The minimum absolute atomic E-state index is 0.0457. The van der Waals surface area contributed by atoms with Crippen molar-refractivity contribution in [2.45, 2.75) is 33.3 Å². The van der Waals surface area contributed by atoms with Gasteiger partial charge >= 0.3 is 5.97 Å². The van der Waals surface area contributed by atoms with Crippen molar-refractivity contribution in [1.29, 1.82) is 5.26 Å². The molecule has 0 aliphatic carbocycles. The molecule has 8 heteroatoms. The minimum atomic E-state index is -1.04. The highest BCUT2D eigenvalue weighted by Crippen LogP contribution is 2.30. The minimum Gasteiger partial charge on any atom is -0.452 e. The third-order valence-corrected chi connectivity index (χ3v) is 5.84. The second-order valence-corrected chi connectivity index (χ2v) is 7.88. The molecule has 150 valence electrons. The van der Waals surface area contributed by atoms with Gasteiger partial charge in [0.25, 0.3) is 5.91 Å². The number of nitrogens with one attached hydrogen (secondary N) is 1. The van der Waals surface area contributed by atoms with E-state index in [-0.39, 0.29) is 18.9 Å². The number of amides is 2. The van der Waals surface area contributed by atoms with E-state index < -0.39 is 23.9 Å². The summed E-state index contributed by atoms with van der Waals surface area (Å²) in [6.45, 7) is 5.60. The lowest BCUT2D eigenvalue weighted by atomic mass is 10.1. The Bertz CT molecular complexity index is 1010. The molecule has 0 bridgehead atoms. The highest BCUT2D eigenvalue weighted by Gasteiger charge is 2.38. The zero-order chi connectivity index (χ0) is 21.1. The lowest BCUT2D eigenvalue weighted by Crippen LogP contribution is -2.33. The Morgan fingerprint density at radius 1 is 1.34 bits per heavy atom. The van der Waals surface area contributed by atoms with Crippen LogP contribution in [0.15, 0.2) is 29.6 Å². The number of thiophene rings is 1. The maximum absolute atomic E-state index is 12.5. The molecule has 2 aromatic rings. The first-order chi connectivity index (χ1) is 13.8. The van der Waals surface area contributed by atoms with Gasteiger partial charge in [0.1, 0.15) is 11.1 Å². The molecular weight excluding hydrogens is 390 g/mol.